The van der Waals surface area contributed by atoms with E-state index in [2.05, 4.69) is 31.9 Å². The quantitative estimate of drug-likeness (QED) is 0.0603. The van der Waals surface area contributed by atoms with Gasteiger partial charge in [0.2, 0.25) is 35.4 Å². The lowest BCUT2D eigenvalue weighted by atomic mass is 9.86. The van der Waals surface area contributed by atoms with Gasteiger partial charge >= 0.3 is 0 Å². The highest BCUT2D eigenvalue weighted by Gasteiger charge is 2.39. The van der Waals surface area contributed by atoms with Gasteiger partial charge in [0.25, 0.3) is 0 Å². The molecule has 1 heterocycles. The van der Waals surface area contributed by atoms with E-state index in [4.69, 9.17) is 22.9 Å². The van der Waals surface area contributed by atoms with E-state index < -0.39 is 169 Å². The number of carbonyl (C=O) groups is 10. The molecule has 420 valence electrons. The minimum absolute atomic E-state index is 0.0196. The molecular weight excluding hydrogens is 973 g/mol. The van der Waals surface area contributed by atoms with Crippen LogP contribution in [0, 0.1) is 35.5 Å². The number of rotatable bonds is 21. The van der Waals surface area contributed by atoms with Crippen LogP contribution >= 0.6 is 0 Å². The minimum Gasteiger partial charge on any atom is -0.396 e. The number of ketones is 4. The average Bonchev–Trinajstić information content (AvgIpc) is 3.80. The predicted octanol–water partition coefficient (Wildman–Crippen LogP) is -2.55. The molecule has 0 bridgehead atoms. The first-order chi connectivity index (χ1) is 35.5. The third kappa shape index (κ3) is 20.5. The SMILES string of the molecule is CC(C)C[C@@H]1NC(=O)[C@@H](Cc2ccccc2)CC(=O)[C@H](CCN)NC(=O)[C@@H](CC(=O)[C@@H](CO)CC(=O)[C@@H](NC(=O)C2CCCC2N)C(C)O)CCNC(=O)[C@H](C(C)O)CC(=O)[C@H](CCN)NC(=O)[C@H](CCN)NC1=O. The van der Waals surface area contributed by atoms with E-state index >= 15 is 0 Å². The molecule has 1 saturated heterocycles. The zero-order valence-corrected chi connectivity index (χ0v) is 43.9. The summed E-state index contributed by atoms with van der Waals surface area (Å²) in [6, 6.07) is 1.76. The summed E-state index contributed by atoms with van der Waals surface area (Å²) in [6.45, 7) is 4.72. The number of nitrogens with two attached hydrogens (primary N) is 4. The van der Waals surface area contributed by atoms with Gasteiger partial charge in [-0.2, -0.15) is 0 Å². The summed E-state index contributed by atoms with van der Waals surface area (Å²) in [7, 11) is 0. The van der Waals surface area contributed by atoms with Crippen LogP contribution in [-0.2, 0) is 54.4 Å². The van der Waals surface area contributed by atoms with Crippen LogP contribution < -0.4 is 54.8 Å². The van der Waals surface area contributed by atoms with Crippen LogP contribution in [0.5, 0.6) is 0 Å². The molecule has 1 aliphatic heterocycles. The molecule has 0 radical (unpaired) electrons. The van der Waals surface area contributed by atoms with E-state index in [0.717, 1.165) is 0 Å². The summed E-state index contributed by atoms with van der Waals surface area (Å²) in [4.78, 5) is 140. The second kappa shape index (κ2) is 32.1. The van der Waals surface area contributed by atoms with Gasteiger partial charge in [-0.25, -0.2) is 0 Å². The third-order valence-electron chi connectivity index (χ3n) is 14.0. The van der Waals surface area contributed by atoms with Gasteiger partial charge in [-0.15, -0.1) is 0 Å². The number of nitrogens with one attached hydrogen (secondary N) is 6. The van der Waals surface area contributed by atoms with Crippen molar-refractivity contribution in [2.24, 2.45) is 58.4 Å². The van der Waals surface area contributed by atoms with Gasteiger partial charge in [-0.1, -0.05) is 50.6 Å². The molecule has 4 unspecified atom stereocenters. The van der Waals surface area contributed by atoms with Crippen LogP contribution in [0.4, 0.5) is 0 Å². The van der Waals surface area contributed by atoms with Crippen molar-refractivity contribution in [1.82, 2.24) is 31.9 Å². The zero-order chi connectivity index (χ0) is 55.9. The molecule has 2 aliphatic rings. The smallest absolute Gasteiger partial charge is 0.243 e. The number of aliphatic hydroxyl groups is 3. The number of hydrogen-bond acceptors (Lipinski definition) is 17. The molecule has 2 fully saturated rings. The molecule has 6 amide bonds. The molecule has 17 N–H and O–H groups in total. The predicted molar refractivity (Wildman–Crippen MR) is 276 cm³/mol. The van der Waals surface area contributed by atoms with Gasteiger partial charge in [0.1, 0.15) is 23.9 Å². The van der Waals surface area contributed by atoms with Crippen LogP contribution in [0.15, 0.2) is 30.3 Å². The topological polar surface area (TPSA) is 408 Å². The van der Waals surface area contributed by atoms with Crippen molar-refractivity contribution in [1.29, 1.82) is 0 Å². The van der Waals surface area contributed by atoms with Crippen LogP contribution in [0.3, 0.4) is 0 Å². The highest BCUT2D eigenvalue weighted by atomic mass is 16.3. The highest BCUT2D eigenvalue weighted by Crippen LogP contribution is 2.25. The van der Waals surface area contributed by atoms with Crippen molar-refractivity contribution >= 4 is 58.6 Å². The monoisotopic (exact) mass is 1060 g/mol. The lowest BCUT2D eigenvalue weighted by Gasteiger charge is -2.27. The summed E-state index contributed by atoms with van der Waals surface area (Å²) < 4.78 is 0. The molecule has 1 aromatic carbocycles. The molecule has 13 atom stereocenters. The Kier molecular flexibility index (Phi) is 27.3. The van der Waals surface area contributed by atoms with Crippen LogP contribution in [0.2, 0.25) is 0 Å². The zero-order valence-electron chi connectivity index (χ0n) is 43.9. The van der Waals surface area contributed by atoms with Crippen molar-refractivity contribution in [3.63, 3.8) is 0 Å². The molecule has 23 heteroatoms. The molecule has 1 saturated carbocycles. The Morgan fingerprint density at radius 3 is 1.77 bits per heavy atom. The second-order valence-corrected chi connectivity index (χ2v) is 20.6. The fourth-order valence-corrected chi connectivity index (χ4v) is 9.54. The van der Waals surface area contributed by atoms with E-state index in [9.17, 15) is 63.3 Å². The Labute approximate surface area is 439 Å². The summed E-state index contributed by atoms with van der Waals surface area (Å²) in [6.07, 6.45) is -3.82. The third-order valence-corrected chi connectivity index (χ3v) is 14.0. The van der Waals surface area contributed by atoms with Crippen molar-refractivity contribution < 1.29 is 63.3 Å². The molecule has 1 aliphatic carbocycles. The van der Waals surface area contributed by atoms with E-state index in [1.807, 2.05) is 13.8 Å². The molecule has 75 heavy (non-hydrogen) atoms. The standard InChI is InChI=1S/C52H84N10O13/c1-28(2)21-41-52(75)60-40(15-19-55)51(74)59-39(14-18-54)44(68)26-36(29(3)64)49(72)57-20-16-32(23-42(66)34(27-63)25-45(69)46(30(4)65)62-50(73)35-11-8-12-37(35)56)47(70)58-38(13-17-53)43(67)24-33(48(71)61-41)22-31-9-6-5-7-10-31/h5-7,9-10,28-30,32-41,46,63-65H,8,11-27,53-56H2,1-4H3,(H,57,72)(H,58,70)(H,59,74)(H,60,75)(H,61,71)(H,62,73)/t29?,30?,32-,33+,34-,35?,36+,37?,38+,39+,40+,41+,46+/m1/s1. The van der Waals surface area contributed by atoms with Crippen molar-refractivity contribution in [3.05, 3.63) is 35.9 Å². The van der Waals surface area contributed by atoms with Crippen molar-refractivity contribution in [3.8, 4) is 0 Å². The first kappa shape index (κ1) is 63.7. The first-order valence-electron chi connectivity index (χ1n) is 26.3. The Morgan fingerprint density at radius 1 is 0.680 bits per heavy atom. The molecule has 0 aromatic heterocycles. The minimum atomic E-state index is -1.45. The van der Waals surface area contributed by atoms with Crippen LogP contribution in [0.1, 0.15) is 110 Å². The highest BCUT2D eigenvalue weighted by molar-refractivity contribution is 5.98. The van der Waals surface area contributed by atoms with Gasteiger partial charge in [-0.3, -0.25) is 47.9 Å². The number of carbonyl (C=O) groups excluding carboxylic acids is 10. The largest absolute Gasteiger partial charge is 0.396 e. The van der Waals surface area contributed by atoms with Gasteiger partial charge in [0, 0.05) is 56.0 Å². The number of Topliss-reactive ketones (excluding diaryl/α,β-unsaturated/α-hetero) is 4. The maximum Gasteiger partial charge on any atom is 0.243 e. The second-order valence-electron chi connectivity index (χ2n) is 20.6. The number of hydrogen-bond donors (Lipinski definition) is 13. The Morgan fingerprint density at radius 2 is 1.23 bits per heavy atom. The van der Waals surface area contributed by atoms with Gasteiger partial charge in [0.05, 0.1) is 42.7 Å². The van der Waals surface area contributed by atoms with Gasteiger partial charge in [0.15, 0.2) is 17.3 Å². The van der Waals surface area contributed by atoms with Crippen molar-refractivity contribution in [2.45, 2.75) is 160 Å². The fourth-order valence-electron chi connectivity index (χ4n) is 9.54. The average molecular weight is 1060 g/mol. The van der Waals surface area contributed by atoms with E-state index in [0.29, 0.717) is 24.8 Å². The van der Waals surface area contributed by atoms with Gasteiger partial charge < -0.3 is 70.2 Å². The number of amides is 6. The number of benzene rings is 1. The molecule has 0 spiro atoms. The molecule has 3 rings (SSSR count). The summed E-state index contributed by atoms with van der Waals surface area (Å²) in [5.74, 6) is -13.4. The first-order valence-corrected chi connectivity index (χ1v) is 26.3. The molecule has 1 aromatic rings. The Balaban J connectivity index is 2.09. The lowest BCUT2D eigenvalue weighted by molar-refractivity contribution is -0.137. The molecular formula is C52H84N10O13. The Hall–Kier alpha value is -5.56. The van der Waals surface area contributed by atoms with Gasteiger partial charge in [-0.05, 0) is 96.3 Å². The Bertz CT molecular complexity index is 2090. The lowest BCUT2D eigenvalue weighted by Crippen LogP contribution is -2.57. The van der Waals surface area contributed by atoms with E-state index in [1.165, 1.54) is 13.8 Å². The fraction of sp³-hybridized carbons (Fsp3) is 0.692. The summed E-state index contributed by atoms with van der Waals surface area (Å²) >= 11 is 0. The maximum absolute atomic E-state index is 14.4. The van der Waals surface area contributed by atoms with Crippen LogP contribution in [0.25, 0.3) is 0 Å². The van der Waals surface area contributed by atoms with Crippen molar-refractivity contribution in [2.75, 3.05) is 32.8 Å². The molecule has 23 nitrogen and oxygen atoms in total. The summed E-state index contributed by atoms with van der Waals surface area (Å²) in [5, 5.41) is 47.7. The summed E-state index contributed by atoms with van der Waals surface area (Å²) in [5.41, 5.74) is 24.4. The van der Waals surface area contributed by atoms with E-state index in [-0.39, 0.29) is 70.6 Å². The number of aliphatic hydroxyl groups excluding tert-OH is 3. The van der Waals surface area contributed by atoms with Crippen LogP contribution in [-0.4, -0.2) is 155 Å². The maximum atomic E-state index is 14.4. The normalized spacial score (nSPS) is 26.9. The van der Waals surface area contributed by atoms with E-state index in [1.54, 1.807) is 30.3 Å².